The molecule has 0 amide bonds. The van der Waals surface area contributed by atoms with Gasteiger partial charge in [-0.25, -0.2) is 8.42 Å². The second-order valence-electron chi connectivity index (χ2n) is 4.11. The van der Waals surface area contributed by atoms with Crippen LogP contribution in [0.4, 0.5) is 0 Å². The number of benzene rings is 1. The highest BCUT2D eigenvalue weighted by molar-refractivity contribution is 7.91. The van der Waals surface area contributed by atoms with E-state index in [1.807, 2.05) is 12.1 Å². The fraction of sp³-hybridized carbons (Fsp3) is 0.500. The van der Waals surface area contributed by atoms with Crippen molar-refractivity contribution in [3.63, 3.8) is 0 Å². The lowest BCUT2D eigenvalue weighted by molar-refractivity contribution is 0.600. The molecule has 0 aliphatic carbocycles. The van der Waals surface area contributed by atoms with Crippen molar-refractivity contribution >= 4 is 9.84 Å². The number of fused-ring (bicyclic) bond motifs is 1. The van der Waals surface area contributed by atoms with Crippen LogP contribution in [0.2, 0.25) is 0 Å². The average Bonchev–Trinajstić information content (AvgIpc) is 2.52. The Morgan fingerprint density at radius 1 is 1.33 bits per heavy atom. The van der Waals surface area contributed by atoms with Gasteiger partial charge in [-0.1, -0.05) is 25.5 Å². The fourth-order valence-electron chi connectivity index (χ4n) is 1.99. The summed E-state index contributed by atoms with van der Waals surface area (Å²) < 4.78 is 23.4. The fourth-order valence-corrected chi connectivity index (χ4v) is 3.59. The van der Waals surface area contributed by atoms with Crippen molar-refractivity contribution in [2.24, 2.45) is 0 Å². The molecule has 0 saturated heterocycles. The highest BCUT2D eigenvalue weighted by Crippen LogP contribution is 2.27. The van der Waals surface area contributed by atoms with E-state index in [0.717, 1.165) is 30.4 Å². The van der Waals surface area contributed by atoms with Crippen LogP contribution in [0.15, 0.2) is 23.1 Å². The predicted octanol–water partition coefficient (Wildman–Crippen LogP) is 2.36. The molecule has 1 aliphatic heterocycles. The van der Waals surface area contributed by atoms with Gasteiger partial charge in [0, 0.05) is 0 Å². The third-order valence-corrected chi connectivity index (χ3v) is 4.72. The summed E-state index contributed by atoms with van der Waals surface area (Å²) in [6.07, 6.45) is 3.94. The number of rotatable bonds is 3. The predicted molar refractivity (Wildman–Crippen MR) is 60.8 cm³/mol. The Labute approximate surface area is 91.2 Å². The summed E-state index contributed by atoms with van der Waals surface area (Å²) in [5, 5.41) is 0. The van der Waals surface area contributed by atoms with Crippen molar-refractivity contribution in [2.45, 2.75) is 37.5 Å². The molecular weight excluding hydrogens is 208 g/mol. The smallest absolute Gasteiger partial charge is 0.178 e. The van der Waals surface area contributed by atoms with Crippen molar-refractivity contribution in [1.82, 2.24) is 0 Å². The summed E-state index contributed by atoms with van der Waals surface area (Å²) in [6.45, 7) is 2.14. The first-order valence-electron chi connectivity index (χ1n) is 5.48. The van der Waals surface area contributed by atoms with Gasteiger partial charge in [-0.15, -0.1) is 0 Å². The summed E-state index contributed by atoms with van der Waals surface area (Å²) >= 11 is 0. The molecule has 1 aliphatic rings. The zero-order valence-corrected chi connectivity index (χ0v) is 9.81. The molecule has 15 heavy (non-hydrogen) atoms. The van der Waals surface area contributed by atoms with E-state index in [1.165, 1.54) is 0 Å². The lowest BCUT2D eigenvalue weighted by atomic mass is 10.1. The minimum absolute atomic E-state index is 0.291. The summed E-state index contributed by atoms with van der Waals surface area (Å²) in [4.78, 5) is 0.580. The second-order valence-corrected chi connectivity index (χ2v) is 6.19. The SMILES string of the molecule is CCCCc1ccc2c(c1)S(=O)(=O)CC2. The van der Waals surface area contributed by atoms with E-state index in [9.17, 15) is 8.42 Å². The van der Waals surface area contributed by atoms with Gasteiger partial charge < -0.3 is 0 Å². The average molecular weight is 224 g/mol. The van der Waals surface area contributed by atoms with Crippen LogP contribution in [0.5, 0.6) is 0 Å². The standard InChI is InChI=1S/C12H16O2S/c1-2-3-4-10-5-6-11-7-8-15(13,14)12(11)9-10/h5-6,9H,2-4,7-8H2,1H3. The van der Waals surface area contributed by atoms with E-state index >= 15 is 0 Å². The molecular formula is C12H16O2S. The maximum atomic E-state index is 11.7. The van der Waals surface area contributed by atoms with Crippen molar-refractivity contribution in [2.75, 3.05) is 5.75 Å². The number of hydrogen-bond donors (Lipinski definition) is 0. The van der Waals surface area contributed by atoms with E-state index in [1.54, 1.807) is 0 Å². The first kappa shape index (κ1) is 10.7. The van der Waals surface area contributed by atoms with Gasteiger partial charge in [-0.05, 0) is 36.5 Å². The molecule has 0 aromatic heterocycles. The van der Waals surface area contributed by atoms with Gasteiger partial charge in [0.15, 0.2) is 9.84 Å². The molecule has 0 N–H and O–H groups in total. The van der Waals surface area contributed by atoms with Crippen LogP contribution in [0.3, 0.4) is 0 Å². The van der Waals surface area contributed by atoms with Crippen molar-refractivity contribution in [3.8, 4) is 0 Å². The molecule has 82 valence electrons. The van der Waals surface area contributed by atoms with Crippen LogP contribution in [0, 0.1) is 0 Å². The lowest BCUT2D eigenvalue weighted by Crippen LogP contribution is -1.99. The highest BCUT2D eigenvalue weighted by atomic mass is 32.2. The first-order chi connectivity index (χ1) is 7.13. The summed E-state index contributed by atoms with van der Waals surface area (Å²) in [7, 11) is -2.95. The minimum atomic E-state index is -2.95. The number of unbranched alkanes of at least 4 members (excludes halogenated alkanes) is 1. The van der Waals surface area contributed by atoms with Gasteiger partial charge >= 0.3 is 0 Å². The Kier molecular flexibility index (Phi) is 2.83. The topological polar surface area (TPSA) is 34.1 Å². The largest absolute Gasteiger partial charge is 0.224 e. The van der Waals surface area contributed by atoms with Gasteiger partial charge in [-0.2, -0.15) is 0 Å². The second kappa shape index (κ2) is 3.97. The van der Waals surface area contributed by atoms with E-state index < -0.39 is 9.84 Å². The maximum Gasteiger partial charge on any atom is 0.178 e. The Hall–Kier alpha value is -0.830. The summed E-state index contributed by atoms with van der Waals surface area (Å²) in [5.74, 6) is 0.291. The molecule has 0 spiro atoms. The van der Waals surface area contributed by atoms with Gasteiger partial charge in [0.1, 0.15) is 0 Å². The van der Waals surface area contributed by atoms with E-state index in [4.69, 9.17) is 0 Å². The zero-order chi connectivity index (χ0) is 10.9. The molecule has 0 fully saturated rings. The van der Waals surface area contributed by atoms with Crippen LogP contribution in [-0.2, 0) is 22.7 Å². The molecule has 1 heterocycles. The van der Waals surface area contributed by atoms with Gasteiger partial charge in [-0.3, -0.25) is 0 Å². The molecule has 2 rings (SSSR count). The zero-order valence-electron chi connectivity index (χ0n) is 8.99. The molecule has 2 nitrogen and oxygen atoms in total. The van der Waals surface area contributed by atoms with Gasteiger partial charge in [0.2, 0.25) is 0 Å². The molecule has 1 aromatic carbocycles. The summed E-state index contributed by atoms with van der Waals surface area (Å²) in [6, 6.07) is 5.91. The minimum Gasteiger partial charge on any atom is -0.224 e. The van der Waals surface area contributed by atoms with Crippen molar-refractivity contribution in [3.05, 3.63) is 29.3 Å². The van der Waals surface area contributed by atoms with E-state index in [2.05, 4.69) is 13.0 Å². The molecule has 0 bridgehead atoms. The molecule has 0 saturated carbocycles. The third-order valence-electron chi connectivity index (χ3n) is 2.93. The Morgan fingerprint density at radius 2 is 2.13 bits per heavy atom. The third kappa shape index (κ3) is 2.07. The Bertz CT molecular complexity index is 461. The number of aryl methyl sites for hydroxylation is 2. The van der Waals surface area contributed by atoms with Crippen LogP contribution >= 0.6 is 0 Å². The Balaban J connectivity index is 2.33. The van der Waals surface area contributed by atoms with Crippen molar-refractivity contribution in [1.29, 1.82) is 0 Å². The van der Waals surface area contributed by atoms with Crippen LogP contribution in [0.1, 0.15) is 30.9 Å². The van der Waals surface area contributed by atoms with Crippen molar-refractivity contribution < 1.29 is 8.42 Å². The normalized spacial score (nSPS) is 17.7. The van der Waals surface area contributed by atoms with Gasteiger partial charge in [0.05, 0.1) is 10.6 Å². The monoisotopic (exact) mass is 224 g/mol. The highest BCUT2D eigenvalue weighted by Gasteiger charge is 2.25. The lowest BCUT2D eigenvalue weighted by Gasteiger charge is -2.03. The van der Waals surface area contributed by atoms with E-state index in [0.29, 0.717) is 17.1 Å². The quantitative estimate of drug-likeness (QED) is 0.790. The number of sulfone groups is 1. The molecule has 0 radical (unpaired) electrons. The molecule has 0 atom stereocenters. The molecule has 3 heteroatoms. The van der Waals surface area contributed by atoms with Crippen LogP contribution in [-0.4, -0.2) is 14.2 Å². The van der Waals surface area contributed by atoms with Gasteiger partial charge in [0.25, 0.3) is 0 Å². The first-order valence-corrected chi connectivity index (χ1v) is 7.13. The Morgan fingerprint density at radius 3 is 2.87 bits per heavy atom. The molecule has 0 unspecified atom stereocenters. The van der Waals surface area contributed by atoms with Crippen LogP contribution in [0.25, 0.3) is 0 Å². The number of hydrogen-bond acceptors (Lipinski definition) is 2. The summed E-state index contributed by atoms with van der Waals surface area (Å²) in [5.41, 5.74) is 2.15. The van der Waals surface area contributed by atoms with E-state index in [-0.39, 0.29) is 0 Å². The van der Waals surface area contributed by atoms with Crippen LogP contribution < -0.4 is 0 Å². The molecule has 1 aromatic rings. The maximum absolute atomic E-state index is 11.7.